The van der Waals surface area contributed by atoms with E-state index in [-0.39, 0.29) is 5.43 Å². The molecule has 0 bridgehead atoms. The summed E-state index contributed by atoms with van der Waals surface area (Å²) in [7, 11) is 2.05. The molecule has 132 valence electrons. The number of aromatic nitrogens is 2. The highest BCUT2D eigenvalue weighted by molar-refractivity contribution is 5.82. The van der Waals surface area contributed by atoms with Crippen LogP contribution in [0.1, 0.15) is 18.2 Å². The fourth-order valence-electron chi connectivity index (χ4n) is 3.43. The molecule has 0 unspecified atom stereocenters. The monoisotopic (exact) mass is 347 g/mol. The number of nitrogens with zero attached hydrogens (tertiary/aromatic N) is 3. The minimum atomic E-state index is -0.0476. The Balaban J connectivity index is 1.66. The summed E-state index contributed by atoms with van der Waals surface area (Å²) in [6.45, 7) is 3.45. The third-order valence-corrected chi connectivity index (χ3v) is 4.67. The molecule has 4 aromatic rings. The molecule has 0 saturated heterocycles. The van der Waals surface area contributed by atoms with Crippen molar-refractivity contribution in [2.75, 3.05) is 7.05 Å². The lowest BCUT2D eigenvalue weighted by Gasteiger charge is -2.19. The van der Waals surface area contributed by atoms with Crippen molar-refractivity contribution in [1.29, 1.82) is 0 Å². The number of aryl methyl sites for hydroxylation is 1. The zero-order chi connectivity index (χ0) is 18.1. The summed E-state index contributed by atoms with van der Waals surface area (Å²) < 4.78 is 7.86. The molecule has 0 aliphatic heterocycles. The van der Waals surface area contributed by atoms with E-state index in [0.717, 1.165) is 35.2 Å². The number of para-hydroxylation sites is 2. The third kappa shape index (κ3) is 2.91. The molecule has 0 fully saturated rings. The highest BCUT2D eigenvalue weighted by atomic mass is 16.3. The zero-order valence-corrected chi connectivity index (χ0v) is 15.0. The van der Waals surface area contributed by atoms with Crippen molar-refractivity contribution in [3.05, 3.63) is 76.3 Å². The Bertz CT molecular complexity index is 1130. The summed E-state index contributed by atoms with van der Waals surface area (Å²) in [5, 5.41) is 6.17. The fourth-order valence-corrected chi connectivity index (χ4v) is 3.43. The van der Waals surface area contributed by atoms with Crippen LogP contribution in [0.5, 0.6) is 0 Å². The fraction of sp³-hybridized carbons (Fsp3) is 0.238. The van der Waals surface area contributed by atoms with Crippen molar-refractivity contribution in [1.82, 2.24) is 14.7 Å². The molecule has 0 spiro atoms. The Hall–Kier alpha value is -2.92. The molecule has 26 heavy (non-hydrogen) atoms. The number of hydrogen-bond acceptors (Lipinski definition) is 4. The second kappa shape index (κ2) is 6.77. The lowest BCUT2D eigenvalue weighted by molar-refractivity contribution is 0.248. The van der Waals surface area contributed by atoms with E-state index in [2.05, 4.69) is 30.0 Å². The number of benzene rings is 2. The standard InChI is InChI=1S/C21H21N3O2/c1-3-20-17(15-8-5-7-11-21(15)26-20)13-23(2)14-24-18-10-6-4-9-16(18)19(25)12-22-24/h4-12H,3,13-14H2,1-2H3. The van der Waals surface area contributed by atoms with Gasteiger partial charge in [-0.25, -0.2) is 0 Å². The van der Waals surface area contributed by atoms with Crippen molar-refractivity contribution in [2.45, 2.75) is 26.6 Å². The number of furan rings is 1. The van der Waals surface area contributed by atoms with Gasteiger partial charge in [-0.2, -0.15) is 5.10 Å². The van der Waals surface area contributed by atoms with E-state index < -0.39 is 0 Å². The number of rotatable bonds is 5. The predicted molar refractivity (Wildman–Crippen MR) is 103 cm³/mol. The molecule has 2 heterocycles. The van der Waals surface area contributed by atoms with Gasteiger partial charge in [-0.1, -0.05) is 37.3 Å². The molecule has 0 aliphatic carbocycles. The summed E-state index contributed by atoms with van der Waals surface area (Å²) in [6.07, 6.45) is 2.25. The van der Waals surface area contributed by atoms with Crippen molar-refractivity contribution < 1.29 is 4.42 Å². The van der Waals surface area contributed by atoms with Gasteiger partial charge >= 0.3 is 0 Å². The van der Waals surface area contributed by atoms with Gasteiger partial charge in [-0.3, -0.25) is 14.4 Å². The molecule has 0 atom stereocenters. The highest BCUT2D eigenvalue weighted by Gasteiger charge is 2.15. The summed E-state index contributed by atoms with van der Waals surface area (Å²) in [4.78, 5) is 14.2. The Labute approximate surface area is 151 Å². The van der Waals surface area contributed by atoms with Gasteiger partial charge < -0.3 is 4.42 Å². The minimum Gasteiger partial charge on any atom is -0.461 e. The van der Waals surface area contributed by atoms with Crippen LogP contribution in [0.4, 0.5) is 0 Å². The Morgan fingerprint density at radius 3 is 2.62 bits per heavy atom. The van der Waals surface area contributed by atoms with Crippen LogP contribution in [0.15, 0.2) is 63.9 Å². The predicted octanol–water partition coefficient (Wildman–Crippen LogP) is 3.79. The van der Waals surface area contributed by atoms with E-state index in [1.54, 1.807) is 0 Å². The molecule has 4 rings (SSSR count). The van der Waals surface area contributed by atoms with Gasteiger partial charge in [0.15, 0.2) is 0 Å². The van der Waals surface area contributed by atoms with Crippen molar-refractivity contribution >= 4 is 21.9 Å². The van der Waals surface area contributed by atoms with Crippen LogP contribution in [0.25, 0.3) is 21.9 Å². The second-order valence-corrected chi connectivity index (χ2v) is 6.53. The van der Waals surface area contributed by atoms with Crippen molar-refractivity contribution in [3.8, 4) is 0 Å². The van der Waals surface area contributed by atoms with E-state index in [1.807, 2.05) is 47.1 Å². The maximum absolute atomic E-state index is 12.0. The number of fused-ring (bicyclic) bond motifs is 2. The van der Waals surface area contributed by atoms with Gasteiger partial charge in [0.1, 0.15) is 11.3 Å². The van der Waals surface area contributed by atoms with Crippen LogP contribution < -0.4 is 5.43 Å². The first-order valence-electron chi connectivity index (χ1n) is 8.80. The molecule has 5 heteroatoms. The quantitative estimate of drug-likeness (QED) is 0.551. The van der Waals surface area contributed by atoms with Gasteiger partial charge in [-0.15, -0.1) is 0 Å². The topological polar surface area (TPSA) is 51.3 Å². The van der Waals surface area contributed by atoms with E-state index in [4.69, 9.17) is 4.42 Å². The summed E-state index contributed by atoms with van der Waals surface area (Å²) in [6, 6.07) is 15.7. The maximum atomic E-state index is 12.0. The van der Waals surface area contributed by atoms with Crippen LogP contribution in [0.3, 0.4) is 0 Å². The normalized spacial score (nSPS) is 11.7. The molecule has 0 N–H and O–H groups in total. The van der Waals surface area contributed by atoms with E-state index in [1.165, 1.54) is 11.8 Å². The van der Waals surface area contributed by atoms with Gasteiger partial charge in [0, 0.05) is 29.3 Å². The first-order chi connectivity index (χ1) is 12.7. The Kier molecular flexibility index (Phi) is 4.31. The van der Waals surface area contributed by atoms with Crippen LogP contribution >= 0.6 is 0 Å². The second-order valence-electron chi connectivity index (χ2n) is 6.53. The molecule has 0 saturated carbocycles. The largest absolute Gasteiger partial charge is 0.461 e. The molecule has 0 amide bonds. The molecule has 0 radical (unpaired) electrons. The maximum Gasteiger partial charge on any atom is 0.207 e. The smallest absolute Gasteiger partial charge is 0.207 e. The number of hydrogen-bond donors (Lipinski definition) is 0. The van der Waals surface area contributed by atoms with Crippen molar-refractivity contribution in [2.24, 2.45) is 0 Å². The average Bonchev–Trinajstić information content (AvgIpc) is 3.02. The van der Waals surface area contributed by atoms with Gasteiger partial charge in [-0.05, 0) is 25.2 Å². The van der Waals surface area contributed by atoms with Crippen LogP contribution in [0, 0.1) is 0 Å². The van der Waals surface area contributed by atoms with E-state index in [9.17, 15) is 4.79 Å². The molecular weight excluding hydrogens is 326 g/mol. The first kappa shape index (κ1) is 16.5. The summed E-state index contributed by atoms with van der Waals surface area (Å²) in [5.41, 5.74) is 2.95. The highest BCUT2D eigenvalue weighted by Crippen LogP contribution is 2.27. The van der Waals surface area contributed by atoms with Gasteiger partial charge in [0.25, 0.3) is 0 Å². The molecule has 5 nitrogen and oxygen atoms in total. The average molecular weight is 347 g/mol. The van der Waals surface area contributed by atoms with E-state index in [0.29, 0.717) is 12.1 Å². The lowest BCUT2D eigenvalue weighted by Crippen LogP contribution is -2.25. The zero-order valence-electron chi connectivity index (χ0n) is 15.0. The summed E-state index contributed by atoms with van der Waals surface area (Å²) in [5.74, 6) is 1.02. The summed E-state index contributed by atoms with van der Waals surface area (Å²) >= 11 is 0. The Morgan fingerprint density at radius 2 is 1.81 bits per heavy atom. The third-order valence-electron chi connectivity index (χ3n) is 4.67. The van der Waals surface area contributed by atoms with Crippen LogP contribution in [0.2, 0.25) is 0 Å². The van der Waals surface area contributed by atoms with E-state index >= 15 is 0 Å². The van der Waals surface area contributed by atoms with Crippen LogP contribution in [-0.4, -0.2) is 21.7 Å². The minimum absolute atomic E-state index is 0.0476. The SMILES string of the molecule is CCc1oc2ccccc2c1CN(C)Cn1ncc(=O)c2ccccc21. The molecular formula is C21H21N3O2. The molecule has 2 aromatic carbocycles. The van der Waals surface area contributed by atoms with Gasteiger partial charge in [0.2, 0.25) is 5.43 Å². The molecule has 0 aliphatic rings. The van der Waals surface area contributed by atoms with Gasteiger partial charge in [0.05, 0.1) is 18.4 Å². The molecule has 2 aromatic heterocycles. The van der Waals surface area contributed by atoms with Crippen molar-refractivity contribution in [3.63, 3.8) is 0 Å². The first-order valence-corrected chi connectivity index (χ1v) is 8.80. The van der Waals surface area contributed by atoms with Crippen LogP contribution in [-0.2, 0) is 19.6 Å². The lowest BCUT2D eigenvalue weighted by atomic mass is 10.1. The Morgan fingerprint density at radius 1 is 1.08 bits per heavy atom.